The Bertz CT molecular complexity index is 1240. The predicted molar refractivity (Wildman–Crippen MR) is 127 cm³/mol. The number of Topliss-reactive ketones (excluding diaryl/α,β-unsaturated/α-hetero) is 1. The minimum Gasteiger partial charge on any atom is -0.507 e. The van der Waals surface area contributed by atoms with Gasteiger partial charge in [0, 0.05) is 34.3 Å². The van der Waals surface area contributed by atoms with Gasteiger partial charge in [-0.25, -0.2) is 0 Å². The first-order chi connectivity index (χ1) is 16.1. The van der Waals surface area contributed by atoms with Gasteiger partial charge in [0.25, 0.3) is 11.7 Å². The summed E-state index contributed by atoms with van der Waals surface area (Å²) in [6, 6.07) is 14.3. The van der Waals surface area contributed by atoms with Crippen molar-refractivity contribution < 1.29 is 19.4 Å². The molecule has 2 heterocycles. The zero-order chi connectivity index (χ0) is 22.9. The van der Waals surface area contributed by atoms with Crippen LogP contribution >= 0.6 is 0 Å². The smallest absolute Gasteiger partial charge is 0.295 e. The summed E-state index contributed by atoms with van der Waals surface area (Å²) in [5.41, 5.74) is 2.37. The monoisotopic (exact) mass is 444 g/mol. The van der Waals surface area contributed by atoms with E-state index in [1.807, 2.05) is 43.5 Å². The van der Waals surface area contributed by atoms with Gasteiger partial charge in [-0.2, -0.15) is 0 Å². The van der Waals surface area contributed by atoms with Crippen LogP contribution in [-0.2, 0) is 9.59 Å². The quantitative estimate of drug-likeness (QED) is 0.306. The number of rotatable bonds is 6. The first kappa shape index (κ1) is 21.3. The van der Waals surface area contributed by atoms with Crippen LogP contribution in [0.3, 0.4) is 0 Å². The lowest BCUT2D eigenvalue weighted by molar-refractivity contribution is -0.141. The van der Waals surface area contributed by atoms with Gasteiger partial charge in [0.1, 0.15) is 11.5 Å². The molecule has 5 rings (SSSR count). The molecule has 1 atom stereocenters. The molecule has 1 unspecified atom stereocenters. The van der Waals surface area contributed by atoms with Gasteiger partial charge in [0.2, 0.25) is 0 Å². The number of aromatic amines is 1. The van der Waals surface area contributed by atoms with Gasteiger partial charge in [-0.05, 0) is 37.5 Å². The molecule has 2 N–H and O–H groups in total. The van der Waals surface area contributed by atoms with Crippen molar-refractivity contribution in [1.29, 1.82) is 0 Å². The highest BCUT2D eigenvalue weighted by Crippen LogP contribution is 2.45. The fraction of sp³-hybridized carbons (Fsp3) is 0.333. The average Bonchev–Trinajstić information content (AvgIpc) is 3.56. The van der Waals surface area contributed by atoms with E-state index < -0.39 is 17.7 Å². The van der Waals surface area contributed by atoms with Crippen molar-refractivity contribution in [2.24, 2.45) is 0 Å². The Kier molecular flexibility index (Phi) is 5.67. The van der Waals surface area contributed by atoms with E-state index in [2.05, 4.69) is 4.98 Å². The highest BCUT2D eigenvalue weighted by atomic mass is 16.5. The van der Waals surface area contributed by atoms with Gasteiger partial charge in [-0.3, -0.25) is 9.59 Å². The Hall–Kier alpha value is -3.54. The highest BCUT2D eigenvalue weighted by molar-refractivity contribution is 6.46. The van der Waals surface area contributed by atoms with Crippen molar-refractivity contribution in [1.82, 2.24) is 9.88 Å². The Morgan fingerprint density at radius 1 is 1.12 bits per heavy atom. The minimum absolute atomic E-state index is 0.00960. The lowest BCUT2D eigenvalue weighted by Crippen LogP contribution is -2.37. The van der Waals surface area contributed by atoms with Crippen molar-refractivity contribution in [3.8, 4) is 5.75 Å². The van der Waals surface area contributed by atoms with Gasteiger partial charge < -0.3 is 19.7 Å². The molecule has 3 aromatic rings. The van der Waals surface area contributed by atoms with Crippen LogP contribution in [0.15, 0.2) is 60.3 Å². The van der Waals surface area contributed by atoms with Crippen LogP contribution in [0.5, 0.6) is 5.75 Å². The number of ketones is 1. The van der Waals surface area contributed by atoms with Crippen LogP contribution in [0.2, 0.25) is 0 Å². The number of hydrogen-bond donors (Lipinski definition) is 2. The third kappa shape index (κ3) is 3.69. The summed E-state index contributed by atoms with van der Waals surface area (Å²) in [6.07, 6.45) is 6.52. The maximum atomic E-state index is 13.3. The highest BCUT2D eigenvalue weighted by Gasteiger charge is 2.49. The molecular formula is C27H28N2O4. The number of benzene rings is 2. The molecule has 1 aliphatic heterocycles. The summed E-state index contributed by atoms with van der Waals surface area (Å²) in [4.78, 5) is 31.6. The van der Waals surface area contributed by atoms with Crippen molar-refractivity contribution in [2.45, 2.75) is 51.1 Å². The Morgan fingerprint density at radius 3 is 2.70 bits per heavy atom. The second-order valence-corrected chi connectivity index (χ2v) is 8.81. The van der Waals surface area contributed by atoms with Crippen molar-refractivity contribution >= 4 is 28.4 Å². The lowest BCUT2D eigenvalue weighted by Gasteiger charge is -2.30. The SMILES string of the molecule is CCCOc1cccc(/C(O)=C2\C(=O)C(=O)N(C3CCCC3)C2c2c[nH]c3ccccc23)c1. The number of H-pyrrole nitrogens is 1. The Labute approximate surface area is 192 Å². The van der Waals surface area contributed by atoms with Crippen LogP contribution in [0.4, 0.5) is 0 Å². The molecule has 2 aromatic carbocycles. The van der Waals surface area contributed by atoms with Gasteiger partial charge in [-0.1, -0.05) is 50.1 Å². The predicted octanol–water partition coefficient (Wildman–Crippen LogP) is 5.32. The van der Waals surface area contributed by atoms with E-state index in [4.69, 9.17) is 4.74 Å². The molecule has 0 spiro atoms. The van der Waals surface area contributed by atoms with E-state index in [9.17, 15) is 14.7 Å². The fourth-order valence-corrected chi connectivity index (χ4v) is 5.14. The van der Waals surface area contributed by atoms with Crippen molar-refractivity contribution in [3.05, 3.63) is 71.4 Å². The molecule has 1 aromatic heterocycles. The van der Waals surface area contributed by atoms with Crippen LogP contribution in [0.25, 0.3) is 16.7 Å². The summed E-state index contributed by atoms with van der Waals surface area (Å²) in [7, 11) is 0. The number of aromatic nitrogens is 1. The molecule has 1 aliphatic carbocycles. The van der Waals surface area contributed by atoms with Gasteiger partial charge in [-0.15, -0.1) is 0 Å². The lowest BCUT2D eigenvalue weighted by atomic mass is 9.94. The third-order valence-corrected chi connectivity index (χ3v) is 6.69. The number of ether oxygens (including phenoxy) is 1. The van der Waals surface area contributed by atoms with E-state index in [0.717, 1.165) is 48.6 Å². The molecule has 1 amide bonds. The minimum atomic E-state index is -0.635. The molecule has 1 saturated carbocycles. The summed E-state index contributed by atoms with van der Waals surface area (Å²) in [5, 5.41) is 12.3. The number of aliphatic hydroxyl groups is 1. The van der Waals surface area contributed by atoms with Crippen LogP contribution in [0, 0.1) is 0 Å². The summed E-state index contributed by atoms with van der Waals surface area (Å²) < 4.78 is 5.71. The molecule has 6 nitrogen and oxygen atoms in total. The van der Waals surface area contributed by atoms with E-state index in [-0.39, 0.29) is 17.4 Å². The normalized spacial score (nSPS) is 20.8. The maximum Gasteiger partial charge on any atom is 0.295 e. The average molecular weight is 445 g/mol. The number of hydrogen-bond acceptors (Lipinski definition) is 4. The molecule has 0 bridgehead atoms. The molecule has 0 radical (unpaired) electrons. The number of likely N-dealkylation sites (tertiary alicyclic amines) is 1. The largest absolute Gasteiger partial charge is 0.507 e. The molecule has 2 aliphatic rings. The van der Waals surface area contributed by atoms with Crippen molar-refractivity contribution in [3.63, 3.8) is 0 Å². The number of para-hydroxylation sites is 1. The number of aliphatic hydroxyl groups excluding tert-OH is 1. The first-order valence-corrected chi connectivity index (χ1v) is 11.7. The van der Waals surface area contributed by atoms with E-state index in [0.29, 0.717) is 17.9 Å². The Balaban J connectivity index is 1.67. The topological polar surface area (TPSA) is 82.6 Å². The molecule has 1 saturated heterocycles. The van der Waals surface area contributed by atoms with Gasteiger partial charge in [0.05, 0.1) is 18.2 Å². The number of amides is 1. The molecule has 6 heteroatoms. The summed E-state index contributed by atoms with van der Waals surface area (Å²) in [6.45, 7) is 2.58. The molecule has 2 fully saturated rings. The fourth-order valence-electron chi connectivity index (χ4n) is 5.14. The number of fused-ring (bicyclic) bond motifs is 1. The van der Waals surface area contributed by atoms with E-state index in [1.54, 1.807) is 23.1 Å². The maximum absolute atomic E-state index is 13.3. The zero-order valence-corrected chi connectivity index (χ0v) is 18.7. The van der Waals surface area contributed by atoms with E-state index in [1.165, 1.54) is 0 Å². The third-order valence-electron chi connectivity index (χ3n) is 6.69. The van der Waals surface area contributed by atoms with Crippen LogP contribution < -0.4 is 4.74 Å². The van der Waals surface area contributed by atoms with Gasteiger partial charge >= 0.3 is 0 Å². The Morgan fingerprint density at radius 2 is 1.91 bits per heavy atom. The first-order valence-electron chi connectivity index (χ1n) is 11.7. The zero-order valence-electron chi connectivity index (χ0n) is 18.7. The number of carbonyl (C=O) groups is 2. The number of nitrogens with zero attached hydrogens (tertiary/aromatic N) is 1. The second-order valence-electron chi connectivity index (χ2n) is 8.81. The van der Waals surface area contributed by atoms with Crippen LogP contribution in [-0.4, -0.2) is 39.3 Å². The van der Waals surface area contributed by atoms with Gasteiger partial charge in [0.15, 0.2) is 0 Å². The number of nitrogens with one attached hydrogen (secondary N) is 1. The van der Waals surface area contributed by atoms with Crippen molar-refractivity contribution in [2.75, 3.05) is 6.61 Å². The standard InChI is InChI=1S/C27H28N2O4/c1-2-14-33-19-11-7-8-17(15-19)25(30)23-24(21-16-28-22-13-6-5-12-20(21)22)29(27(32)26(23)31)18-9-3-4-10-18/h5-8,11-13,15-16,18,24,28,30H,2-4,9-10,14H2,1H3/b25-23+. The summed E-state index contributed by atoms with van der Waals surface area (Å²) >= 11 is 0. The van der Waals surface area contributed by atoms with Crippen LogP contribution in [0.1, 0.15) is 56.2 Å². The molecule has 170 valence electrons. The second kappa shape index (κ2) is 8.77. The molecule has 33 heavy (non-hydrogen) atoms. The van der Waals surface area contributed by atoms with E-state index >= 15 is 0 Å². The number of carbonyl (C=O) groups excluding carboxylic acids is 2. The summed E-state index contributed by atoms with van der Waals surface area (Å²) in [5.74, 6) is -0.702. The molecular weight excluding hydrogens is 416 g/mol.